The lowest BCUT2D eigenvalue weighted by atomic mass is 10.1. The average Bonchev–Trinajstić information content (AvgIpc) is 2.68. The van der Waals surface area contributed by atoms with Crippen LogP contribution in [0.1, 0.15) is 6.42 Å². The standard InChI is InChI=1S/C11H10F2N4O/c12-8-2-1-3-9(13)11(8)17-6-7(4-10(17)18)5-15-16-14/h1-3,7H,4-6H2. The van der Waals surface area contributed by atoms with Crippen LogP contribution in [0.25, 0.3) is 10.4 Å². The Hall–Kier alpha value is -2.14. The Morgan fingerprint density at radius 3 is 2.72 bits per heavy atom. The summed E-state index contributed by atoms with van der Waals surface area (Å²) in [6.45, 7) is 0.310. The van der Waals surface area contributed by atoms with Crippen LogP contribution in [0.2, 0.25) is 0 Å². The monoisotopic (exact) mass is 252 g/mol. The van der Waals surface area contributed by atoms with Gasteiger partial charge in [0, 0.05) is 24.4 Å². The maximum absolute atomic E-state index is 13.5. The van der Waals surface area contributed by atoms with Gasteiger partial charge in [-0.15, -0.1) is 0 Å². The number of benzene rings is 1. The number of hydrogen-bond acceptors (Lipinski definition) is 2. The molecule has 5 nitrogen and oxygen atoms in total. The minimum atomic E-state index is -0.771. The normalized spacial score (nSPS) is 18.9. The second-order valence-electron chi connectivity index (χ2n) is 4.06. The highest BCUT2D eigenvalue weighted by Crippen LogP contribution is 2.29. The van der Waals surface area contributed by atoms with Gasteiger partial charge in [0.05, 0.1) is 0 Å². The van der Waals surface area contributed by atoms with E-state index in [2.05, 4.69) is 10.0 Å². The van der Waals surface area contributed by atoms with Crippen molar-refractivity contribution in [1.82, 2.24) is 0 Å². The zero-order valence-electron chi connectivity index (χ0n) is 9.38. The Morgan fingerprint density at radius 2 is 2.11 bits per heavy atom. The van der Waals surface area contributed by atoms with Crippen molar-refractivity contribution in [3.8, 4) is 0 Å². The van der Waals surface area contributed by atoms with E-state index >= 15 is 0 Å². The molecule has 1 aromatic rings. The van der Waals surface area contributed by atoms with E-state index in [0.29, 0.717) is 0 Å². The molecule has 1 heterocycles. The zero-order chi connectivity index (χ0) is 13.1. The molecule has 1 atom stereocenters. The van der Waals surface area contributed by atoms with Gasteiger partial charge in [0.15, 0.2) is 0 Å². The molecule has 1 aromatic carbocycles. The third-order valence-electron chi connectivity index (χ3n) is 2.82. The highest BCUT2D eigenvalue weighted by atomic mass is 19.1. The fraction of sp³-hybridized carbons (Fsp3) is 0.364. The molecule has 1 aliphatic rings. The van der Waals surface area contributed by atoms with Crippen molar-refractivity contribution in [2.24, 2.45) is 11.0 Å². The number of amides is 1. The van der Waals surface area contributed by atoms with Gasteiger partial charge in [-0.1, -0.05) is 11.2 Å². The Morgan fingerprint density at radius 1 is 1.44 bits per heavy atom. The van der Waals surface area contributed by atoms with Crippen LogP contribution in [-0.2, 0) is 4.79 Å². The number of para-hydroxylation sites is 1. The number of rotatable bonds is 3. The topological polar surface area (TPSA) is 69.1 Å². The highest BCUT2D eigenvalue weighted by Gasteiger charge is 2.33. The third kappa shape index (κ3) is 2.26. The Labute approximate surface area is 102 Å². The lowest BCUT2D eigenvalue weighted by molar-refractivity contribution is -0.117. The van der Waals surface area contributed by atoms with E-state index < -0.39 is 11.6 Å². The molecule has 18 heavy (non-hydrogen) atoms. The van der Waals surface area contributed by atoms with Gasteiger partial charge in [0.2, 0.25) is 5.91 Å². The highest BCUT2D eigenvalue weighted by molar-refractivity contribution is 5.96. The number of azide groups is 1. The van der Waals surface area contributed by atoms with Gasteiger partial charge in [0.1, 0.15) is 17.3 Å². The third-order valence-corrected chi connectivity index (χ3v) is 2.82. The lowest BCUT2D eigenvalue weighted by Crippen LogP contribution is -2.26. The molecule has 0 radical (unpaired) electrons. The van der Waals surface area contributed by atoms with Crippen LogP contribution in [0, 0.1) is 17.6 Å². The smallest absolute Gasteiger partial charge is 0.227 e. The summed E-state index contributed by atoms with van der Waals surface area (Å²) in [6, 6.07) is 3.45. The molecule has 1 fully saturated rings. The van der Waals surface area contributed by atoms with Gasteiger partial charge < -0.3 is 4.90 Å². The first-order valence-corrected chi connectivity index (χ1v) is 5.38. The Balaban J connectivity index is 2.24. The van der Waals surface area contributed by atoms with Gasteiger partial charge in [-0.05, 0) is 23.6 Å². The predicted octanol–water partition coefficient (Wildman–Crippen LogP) is 2.63. The van der Waals surface area contributed by atoms with Gasteiger partial charge >= 0.3 is 0 Å². The van der Waals surface area contributed by atoms with Crippen molar-refractivity contribution in [3.63, 3.8) is 0 Å². The fourth-order valence-corrected chi connectivity index (χ4v) is 2.02. The summed E-state index contributed by atoms with van der Waals surface area (Å²) in [4.78, 5) is 15.4. The summed E-state index contributed by atoms with van der Waals surface area (Å²) in [7, 11) is 0. The van der Waals surface area contributed by atoms with Crippen molar-refractivity contribution in [2.45, 2.75) is 6.42 Å². The average molecular weight is 252 g/mol. The summed E-state index contributed by atoms with van der Waals surface area (Å²) in [5.41, 5.74) is 7.88. The van der Waals surface area contributed by atoms with E-state index in [4.69, 9.17) is 5.53 Å². The number of carbonyl (C=O) groups excluding carboxylic acids is 1. The molecule has 0 spiro atoms. The molecule has 1 unspecified atom stereocenters. The van der Waals surface area contributed by atoms with Gasteiger partial charge in [-0.25, -0.2) is 8.78 Å². The molecule has 94 valence electrons. The van der Waals surface area contributed by atoms with Crippen molar-refractivity contribution >= 4 is 11.6 Å². The SMILES string of the molecule is [N-]=[N+]=NCC1CC(=O)N(c2c(F)cccc2F)C1. The largest absolute Gasteiger partial charge is 0.307 e. The first kappa shape index (κ1) is 12.3. The predicted molar refractivity (Wildman–Crippen MR) is 60.8 cm³/mol. The fourth-order valence-electron chi connectivity index (χ4n) is 2.02. The van der Waals surface area contributed by atoms with Crippen LogP contribution < -0.4 is 4.90 Å². The van der Waals surface area contributed by atoms with Crippen LogP contribution in [0.3, 0.4) is 0 Å². The van der Waals surface area contributed by atoms with Gasteiger partial charge in [-0.2, -0.15) is 0 Å². The van der Waals surface area contributed by atoms with Crippen LogP contribution in [0.4, 0.5) is 14.5 Å². The van der Waals surface area contributed by atoms with Crippen molar-refractivity contribution in [1.29, 1.82) is 0 Å². The first-order chi connectivity index (χ1) is 8.63. The minimum Gasteiger partial charge on any atom is -0.307 e. The number of carbonyl (C=O) groups is 1. The number of hydrogen-bond donors (Lipinski definition) is 0. The van der Waals surface area contributed by atoms with Crippen molar-refractivity contribution < 1.29 is 13.6 Å². The minimum absolute atomic E-state index is 0.132. The van der Waals surface area contributed by atoms with Crippen LogP contribution in [0.15, 0.2) is 23.3 Å². The van der Waals surface area contributed by atoms with Crippen LogP contribution >= 0.6 is 0 Å². The number of halogens is 2. The summed E-state index contributed by atoms with van der Waals surface area (Å²) in [5.74, 6) is -2.11. The van der Waals surface area contributed by atoms with Gasteiger partial charge in [0.25, 0.3) is 0 Å². The number of anilines is 1. The first-order valence-electron chi connectivity index (χ1n) is 5.38. The quantitative estimate of drug-likeness (QED) is 0.463. The molecule has 1 saturated heterocycles. The van der Waals surface area contributed by atoms with E-state index in [-0.39, 0.29) is 37.0 Å². The van der Waals surface area contributed by atoms with E-state index in [1.54, 1.807) is 0 Å². The summed E-state index contributed by atoms with van der Waals surface area (Å²) >= 11 is 0. The lowest BCUT2D eigenvalue weighted by Gasteiger charge is -2.17. The second-order valence-corrected chi connectivity index (χ2v) is 4.06. The van der Waals surface area contributed by atoms with E-state index in [1.807, 2.05) is 0 Å². The zero-order valence-corrected chi connectivity index (χ0v) is 9.38. The molecule has 0 bridgehead atoms. The molecular formula is C11H10F2N4O. The van der Waals surface area contributed by atoms with Crippen LogP contribution in [0.5, 0.6) is 0 Å². The summed E-state index contributed by atoms with van der Waals surface area (Å²) in [5, 5.41) is 3.38. The maximum atomic E-state index is 13.5. The molecule has 7 heteroatoms. The van der Waals surface area contributed by atoms with E-state index in [9.17, 15) is 13.6 Å². The number of nitrogens with zero attached hydrogens (tertiary/aromatic N) is 4. The maximum Gasteiger partial charge on any atom is 0.227 e. The Bertz CT molecular complexity index is 508. The van der Waals surface area contributed by atoms with E-state index in [1.165, 1.54) is 6.07 Å². The molecular weight excluding hydrogens is 242 g/mol. The van der Waals surface area contributed by atoms with Crippen molar-refractivity contribution in [3.05, 3.63) is 40.3 Å². The molecule has 0 aromatic heterocycles. The summed E-state index contributed by atoms with van der Waals surface area (Å²) < 4.78 is 27.1. The molecule has 1 aliphatic heterocycles. The second kappa shape index (κ2) is 5.01. The van der Waals surface area contributed by atoms with Gasteiger partial charge in [-0.3, -0.25) is 4.79 Å². The molecule has 0 saturated carbocycles. The molecule has 0 aliphatic carbocycles. The van der Waals surface area contributed by atoms with Crippen molar-refractivity contribution in [2.75, 3.05) is 18.0 Å². The molecule has 0 N–H and O–H groups in total. The summed E-state index contributed by atoms with van der Waals surface area (Å²) in [6.07, 6.45) is 0.132. The molecule has 1 amide bonds. The molecule has 2 rings (SSSR count). The van der Waals surface area contributed by atoms with E-state index in [0.717, 1.165) is 17.0 Å². The van der Waals surface area contributed by atoms with Crippen LogP contribution in [-0.4, -0.2) is 19.0 Å². The Kier molecular flexibility index (Phi) is 3.43.